The van der Waals surface area contributed by atoms with Crippen LogP contribution >= 0.6 is 11.3 Å². The highest BCUT2D eigenvalue weighted by atomic mass is 32.1. The van der Waals surface area contributed by atoms with Crippen LogP contribution in [0.1, 0.15) is 36.6 Å². The second kappa shape index (κ2) is 7.59. The molecule has 23 heavy (non-hydrogen) atoms. The molecule has 1 aromatic heterocycles. The number of nitrogens with zero attached hydrogens (tertiary/aromatic N) is 3. The lowest BCUT2D eigenvalue weighted by Gasteiger charge is -2.36. The number of carbonyl (C=O) groups is 1. The minimum atomic E-state index is -0.0910. The van der Waals surface area contributed by atoms with Gasteiger partial charge in [-0.1, -0.05) is 6.92 Å². The molecule has 0 spiro atoms. The predicted molar refractivity (Wildman–Crippen MR) is 90.8 cm³/mol. The monoisotopic (exact) mass is 338 g/mol. The molecule has 0 radical (unpaired) electrons. The van der Waals surface area contributed by atoms with Crippen LogP contribution in [0.4, 0.5) is 4.79 Å². The Bertz CT molecular complexity index is 536. The Kier molecular flexibility index (Phi) is 5.50. The van der Waals surface area contributed by atoms with Crippen LogP contribution in [-0.2, 0) is 4.74 Å². The SMILES string of the molecule is CCN1CCC[C@H](NC(=O)N2CCO[C@H](c3nc(C)cs3)C2)C1. The highest BCUT2D eigenvalue weighted by molar-refractivity contribution is 7.09. The van der Waals surface area contributed by atoms with Crippen molar-refractivity contribution in [3.8, 4) is 0 Å². The summed E-state index contributed by atoms with van der Waals surface area (Å²) in [5.74, 6) is 0. The van der Waals surface area contributed by atoms with Gasteiger partial charge in [-0.3, -0.25) is 0 Å². The number of rotatable bonds is 3. The van der Waals surface area contributed by atoms with Crippen molar-refractivity contribution in [2.75, 3.05) is 39.3 Å². The van der Waals surface area contributed by atoms with Gasteiger partial charge in [0.25, 0.3) is 0 Å². The summed E-state index contributed by atoms with van der Waals surface area (Å²) in [7, 11) is 0. The number of urea groups is 1. The van der Waals surface area contributed by atoms with Crippen molar-refractivity contribution in [2.24, 2.45) is 0 Å². The Hall–Kier alpha value is -1.18. The molecule has 0 unspecified atom stereocenters. The largest absolute Gasteiger partial charge is 0.367 e. The molecule has 0 bridgehead atoms. The minimum Gasteiger partial charge on any atom is -0.367 e. The molecule has 0 saturated carbocycles. The van der Waals surface area contributed by atoms with Crippen LogP contribution in [0.5, 0.6) is 0 Å². The van der Waals surface area contributed by atoms with Crippen LogP contribution in [0, 0.1) is 6.92 Å². The summed E-state index contributed by atoms with van der Waals surface area (Å²) >= 11 is 1.61. The van der Waals surface area contributed by atoms with Crippen molar-refractivity contribution in [2.45, 2.75) is 38.8 Å². The lowest BCUT2D eigenvalue weighted by atomic mass is 10.1. The smallest absolute Gasteiger partial charge is 0.317 e. The predicted octanol–water partition coefficient (Wildman–Crippen LogP) is 2.02. The van der Waals surface area contributed by atoms with E-state index >= 15 is 0 Å². The van der Waals surface area contributed by atoms with E-state index in [-0.39, 0.29) is 18.2 Å². The first-order valence-corrected chi connectivity index (χ1v) is 9.35. The second-order valence-electron chi connectivity index (χ2n) is 6.31. The van der Waals surface area contributed by atoms with Gasteiger partial charge in [0, 0.05) is 30.2 Å². The van der Waals surface area contributed by atoms with Gasteiger partial charge in [-0.15, -0.1) is 11.3 Å². The van der Waals surface area contributed by atoms with E-state index in [2.05, 4.69) is 22.1 Å². The molecule has 2 fully saturated rings. The molecular formula is C16H26N4O2S. The number of aryl methyl sites for hydroxylation is 1. The van der Waals surface area contributed by atoms with Gasteiger partial charge in [0.15, 0.2) is 0 Å². The average Bonchev–Trinajstić information content (AvgIpc) is 3.01. The fourth-order valence-electron chi connectivity index (χ4n) is 3.23. The summed E-state index contributed by atoms with van der Waals surface area (Å²) in [6.45, 7) is 9.12. The minimum absolute atomic E-state index is 0.0366. The molecule has 2 aliphatic rings. The van der Waals surface area contributed by atoms with Crippen molar-refractivity contribution >= 4 is 17.4 Å². The number of aromatic nitrogens is 1. The number of likely N-dealkylation sites (tertiary alicyclic amines) is 1. The summed E-state index contributed by atoms with van der Waals surface area (Å²) in [6.07, 6.45) is 2.14. The molecule has 2 aliphatic heterocycles. The molecule has 6 nitrogen and oxygen atoms in total. The lowest BCUT2D eigenvalue weighted by Crippen LogP contribution is -2.53. The number of hydrogen-bond donors (Lipinski definition) is 1. The third kappa shape index (κ3) is 4.22. The van der Waals surface area contributed by atoms with Crippen LogP contribution in [0.15, 0.2) is 5.38 Å². The van der Waals surface area contributed by atoms with Crippen molar-refractivity contribution in [3.63, 3.8) is 0 Å². The van der Waals surface area contributed by atoms with Crippen LogP contribution in [-0.4, -0.2) is 66.2 Å². The number of thiazole rings is 1. The van der Waals surface area contributed by atoms with E-state index in [9.17, 15) is 4.79 Å². The first kappa shape index (κ1) is 16.7. The van der Waals surface area contributed by atoms with Gasteiger partial charge in [-0.2, -0.15) is 0 Å². The van der Waals surface area contributed by atoms with Gasteiger partial charge in [0.1, 0.15) is 11.1 Å². The van der Waals surface area contributed by atoms with Crippen LogP contribution < -0.4 is 5.32 Å². The zero-order valence-corrected chi connectivity index (χ0v) is 14.8. The standard InChI is InChI=1S/C16H26N4O2S/c1-3-19-6-4-5-13(9-19)18-16(21)20-7-8-22-14(10-20)15-17-12(2)11-23-15/h11,13-14H,3-10H2,1-2H3,(H,18,21)/t13-,14-/m0/s1. The number of piperidine rings is 1. The average molecular weight is 338 g/mol. The third-order valence-corrected chi connectivity index (χ3v) is 5.60. The summed E-state index contributed by atoms with van der Waals surface area (Å²) in [5, 5.41) is 6.20. The first-order chi connectivity index (χ1) is 11.2. The van der Waals surface area contributed by atoms with Crippen molar-refractivity contribution in [1.29, 1.82) is 0 Å². The Morgan fingerprint density at radius 2 is 2.35 bits per heavy atom. The van der Waals surface area contributed by atoms with Gasteiger partial charge in [0.2, 0.25) is 0 Å². The quantitative estimate of drug-likeness (QED) is 0.916. The van der Waals surface area contributed by atoms with E-state index in [0.29, 0.717) is 19.7 Å². The van der Waals surface area contributed by atoms with Crippen LogP contribution in [0.3, 0.4) is 0 Å². The summed E-state index contributed by atoms with van der Waals surface area (Å²) in [5.41, 5.74) is 1.01. The van der Waals surface area contributed by atoms with E-state index < -0.39 is 0 Å². The topological polar surface area (TPSA) is 57.7 Å². The van der Waals surface area contributed by atoms with Crippen LogP contribution in [0.25, 0.3) is 0 Å². The second-order valence-corrected chi connectivity index (χ2v) is 7.20. The maximum absolute atomic E-state index is 12.6. The number of hydrogen-bond acceptors (Lipinski definition) is 5. The maximum Gasteiger partial charge on any atom is 0.317 e. The normalized spacial score (nSPS) is 26.3. The molecule has 2 amide bonds. The molecule has 3 rings (SSSR count). The molecule has 0 aliphatic carbocycles. The fraction of sp³-hybridized carbons (Fsp3) is 0.750. The Labute approximate surface area is 141 Å². The molecule has 2 saturated heterocycles. The van der Waals surface area contributed by atoms with E-state index in [0.717, 1.165) is 43.2 Å². The summed E-state index contributed by atoms with van der Waals surface area (Å²) < 4.78 is 5.80. The highest BCUT2D eigenvalue weighted by Crippen LogP contribution is 2.25. The van der Waals surface area contributed by atoms with Gasteiger partial charge < -0.3 is 19.9 Å². The maximum atomic E-state index is 12.6. The molecule has 3 heterocycles. The lowest BCUT2D eigenvalue weighted by molar-refractivity contribution is -0.0162. The highest BCUT2D eigenvalue weighted by Gasteiger charge is 2.29. The zero-order chi connectivity index (χ0) is 16.2. The number of ether oxygens (including phenoxy) is 1. The van der Waals surface area contributed by atoms with Crippen molar-refractivity contribution < 1.29 is 9.53 Å². The molecule has 0 aromatic carbocycles. The van der Waals surface area contributed by atoms with E-state index in [1.165, 1.54) is 0 Å². The van der Waals surface area contributed by atoms with Gasteiger partial charge in [-0.25, -0.2) is 9.78 Å². The third-order valence-electron chi connectivity index (χ3n) is 4.55. The molecular weight excluding hydrogens is 312 g/mol. The van der Waals surface area contributed by atoms with E-state index in [4.69, 9.17) is 4.74 Å². The van der Waals surface area contributed by atoms with Gasteiger partial charge in [0.05, 0.1) is 13.2 Å². The molecule has 128 valence electrons. The zero-order valence-electron chi connectivity index (χ0n) is 14.0. The fourth-order valence-corrected chi connectivity index (χ4v) is 4.06. The van der Waals surface area contributed by atoms with Gasteiger partial charge >= 0.3 is 6.03 Å². The Morgan fingerprint density at radius 3 is 3.09 bits per heavy atom. The van der Waals surface area contributed by atoms with E-state index in [1.54, 1.807) is 11.3 Å². The Balaban J connectivity index is 1.54. The molecule has 1 N–H and O–H groups in total. The number of likely N-dealkylation sites (N-methyl/N-ethyl adjacent to an activating group) is 1. The van der Waals surface area contributed by atoms with Crippen LogP contribution in [0.2, 0.25) is 0 Å². The number of nitrogens with one attached hydrogen (secondary N) is 1. The first-order valence-electron chi connectivity index (χ1n) is 8.47. The number of morpholine rings is 1. The number of amides is 2. The van der Waals surface area contributed by atoms with E-state index in [1.807, 2.05) is 17.2 Å². The Morgan fingerprint density at radius 1 is 1.48 bits per heavy atom. The number of carbonyl (C=O) groups excluding carboxylic acids is 1. The van der Waals surface area contributed by atoms with Crippen molar-refractivity contribution in [3.05, 3.63) is 16.1 Å². The molecule has 7 heteroatoms. The molecule has 1 aromatic rings. The summed E-state index contributed by atoms with van der Waals surface area (Å²) in [4.78, 5) is 21.3. The van der Waals surface area contributed by atoms with Crippen molar-refractivity contribution in [1.82, 2.24) is 20.1 Å². The summed E-state index contributed by atoms with van der Waals surface area (Å²) in [6, 6.07) is 0.300. The molecule has 2 atom stereocenters. The van der Waals surface area contributed by atoms with Gasteiger partial charge in [-0.05, 0) is 32.9 Å².